The molecule has 8 atom stereocenters. The zero-order chi connectivity index (χ0) is 56.1. The molecule has 2 bridgehead atoms. The number of nitrogens with one attached hydrogen (secondary N) is 2. The van der Waals surface area contributed by atoms with Crippen LogP contribution in [-0.4, -0.2) is 161 Å². The molecule has 3 amide bonds. The monoisotopic (exact) mass is 1110 g/mol. The minimum absolute atomic E-state index is 0.00112. The first-order valence-electron chi connectivity index (χ1n) is 27.7. The van der Waals surface area contributed by atoms with Gasteiger partial charge in [0, 0.05) is 85.6 Å². The largest absolute Gasteiger partial charge is 0.508 e. The molecule has 5 N–H and O–H groups in total. The van der Waals surface area contributed by atoms with Gasteiger partial charge in [0.25, 0.3) is 0 Å². The lowest BCUT2D eigenvalue weighted by Crippen LogP contribution is -2.60. The number of terminal acetylenes is 1. The summed E-state index contributed by atoms with van der Waals surface area (Å²) in [6.07, 6.45) is 14.0. The van der Waals surface area contributed by atoms with E-state index in [1.807, 2.05) is 33.8 Å². The van der Waals surface area contributed by atoms with Gasteiger partial charge in [-0.3, -0.25) is 29.3 Å². The first-order valence-corrected chi connectivity index (χ1v) is 28.6. The highest BCUT2D eigenvalue weighted by atomic mass is 32.1. The second-order valence-electron chi connectivity index (χ2n) is 23.1. The van der Waals surface area contributed by atoms with Gasteiger partial charge in [0.1, 0.15) is 47.3 Å². The molecule has 18 nitrogen and oxygen atoms in total. The molecule has 6 aromatic rings. The number of hydrogen-bond donors (Lipinski definition) is 5. The number of halogens is 2. The maximum atomic E-state index is 17.3. The fourth-order valence-corrected chi connectivity index (χ4v) is 13.7. The molecule has 21 heteroatoms. The Bertz CT molecular complexity index is 3380. The molecule has 5 saturated heterocycles. The summed E-state index contributed by atoms with van der Waals surface area (Å²) in [4.78, 5) is 74.6. The number of β-amino-alcohol motifs (C(OH)–C–C–N with tert-alkyl or cyclic N) is 1. The minimum atomic E-state index is -1.04. The number of anilines is 1. The van der Waals surface area contributed by atoms with Crippen LogP contribution in [0.25, 0.3) is 43.4 Å². The summed E-state index contributed by atoms with van der Waals surface area (Å²) < 4.78 is 38.9. The molecule has 5 fully saturated rings. The maximum Gasteiger partial charge on any atom is 0.319 e. The van der Waals surface area contributed by atoms with Crippen molar-refractivity contribution in [2.24, 2.45) is 5.41 Å². The van der Waals surface area contributed by atoms with Crippen LogP contribution < -0.4 is 20.3 Å². The Morgan fingerprint density at radius 1 is 1.01 bits per heavy atom. The van der Waals surface area contributed by atoms with Crippen molar-refractivity contribution in [2.75, 3.05) is 50.8 Å². The molecule has 420 valence electrons. The molecule has 0 saturated carbocycles. The van der Waals surface area contributed by atoms with Crippen LogP contribution in [0.15, 0.2) is 54.3 Å². The topological polar surface area (TPSA) is 223 Å². The number of nitrogens with zero attached hydrogens (tertiary/aromatic N) is 9. The number of phenols is 1. The number of carbonyl (C=O) groups excluding carboxylic acids is 3. The van der Waals surface area contributed by atoms with Gasteiger partial charge >= 0.3 is 6.01 Å². The van der Waals surface area contributed by atoms with Gasteiger partial charge in [-0.25, -0.2) is 13.8 Å². The summed E-state index contributed by atoms with van der Waals surface area (Å²) in [7, 11) is 0. The van der Waals surface area contributed by atoms with Gasteiger partial charge in [0.15, 0.2) is 5.82 Å². The lowest BCUT2D eigenvalue weighted by Gasteiger charge is -2.43. The van der Waals surface area contributed by atoms with Crippen molar-refractivity contribution < 1.29 is 43.2 Å². The van der Waals surface area contributed by atoms with E-state index in [0.717, 1.165) is 48.4 Å². The van der Waals surface area contributed by atoms with E-state index < -0.39 is 59.7 Å². The van der Waals surface area contributed by atoms with Crippen molar-refractivity contribution in [1.82, 2.24) is 50.3 Å². The number of aliphatic hydroxyl groups excluding tert-OH is 2. The Balaban J connectivity index is 0.779. The third kappa shape index (κ3) is 10.8. The van der Waals surface area contributed by atoms with Crippen molar-refractivity contribution in [2.45, 2.75) is 134 Å². The van der Waals surface area contributed by atoms with E-state index in [4.69, 9.17) is 16.1 Å². The normalized spacial score (nSPS) is 23.1. The average molecular weight is 1110 g/mol. The van der Waals surface area contributed by atoms with Gasteiger partial charge < -0.3 is 45.4 Å². The molecule has 2 unspecified atom stereocenters. The highest BCUT2D eigenvalue weighted by Gasteiger charge is 2.50. The van der Waals surface area contributed by atoms with Crippen LogP contribution in [0, 0.1) is 36.3 Å². The van der Waals surface area contributed by atoms with Crippen LogP contribution in [0.1, 0.15) is 102 Å². The fraction of sp³-hybridized carbons (Fsp3) is 0.492. The van der Waals surface area contributed by atoms with E-state index >= 15 is 8.78 Å². The fourth-order valence-electron chi connectivity index (χ4n) is 12.9. The lowest BCUT2D eigenvalue weighted by atomic mass is 9.83. The van der Waals surface area contributed by atoms with Crippen LogP contribution >= 0.6 is 11.3 Å². The third-order valence-electron chi connectivity index (χ3n) is 16.7. The quantitative estimate of drug-likeness (QED) is 0.0660. The van der Waals surface area contributed by atoms with E-state index in [1.165, 1.54) is 46.7 Å². The Morgan fingerprint density at radius 3 is 2.52 bits per heavy atom. The van der Waals surface area contributed by atoms with Crippen molar-refractivity contribution in [3.05, 3.63) is 82.9 Å². The van der Waals surface area contributed by atoms with Crippen LogP contribution in [0.5, 0.6) is 11.8 Å². The molecule has 9 heterocycles. The third-order valence-corrected chi connectivity index (χ3v) is 17.7. The molecule has 2 aromatic carbocycles. The van der Waals surface area contributed by atoms with Gasteiger partial charge in [0.05, 0.1) is 51.5 Å². The van der Waals surface area contributed by atoms with Crippen molar-refractivity contribution in [1.29, 1.82) is 0 Å². The number of ether oxygens (including phenoxy) is 1. The Hall–Kier alpha value is -6.96. The molecule has 0 spiro atoms. The molecule has 11 rings (SSSR count). The van der Waals surface area contributed by atoms with Gasteiger partial charge in [-0.05, 0) is 100 Å². The zero-order valence-electron chi connectivity index (χ0n) is 45.4. The van der Waals surface area contributed by atoms with Crippen molar-refractivity contribution >= 4 is 56.6 Å². The smallest absolute Gasteiger partial charge is 0.319 e. The summed E-state index contributed by atoms with van der Waals surface area (Å²) in [6, 6.07) is 6.43. The van der Waals surface area contributed by atoms with E-state index in [-0.39, 0.29) is 95.6 Å². The molecule has 5 aliphatic rings. The molecule has 80 heavy (non-hydrogen) atoms. The predicted molar refractivity (Wildman–Crippen MR) is 299 cm³/mol. The van der Waals surface area contributed by atoms with E-state index in [1.54, 1.807) is 22.7 Å². The van der Waals surface area contributed by atoms with Crippen molar-refractivity contribution in [3.8, 4) is 45.8 Å². The second-order valence-corrected chi connectivity index (χ2v) is 24.0. The number of piperazine rings is 1. The number of fused-ring (bicyclic) bond motifs is 4. The number of hydrogen-bond acceptors (Lipinski definition) is 16. The summed E-state index contributed by atoms with van der Waals surface area (Å²) >= 11 is 1.49. The van der Waals surface area contributed by atoms with Crippen LogP contribution in [0.2, 0.25) is 0 Å². The number of aliphatic hydroxyl groups is 2. The van der Waals surface area contributed by atoms with Gasteiger partial charge in [-0.2, -0.15) is 9.97 Å². The van der Waals surface area contributed by atoms with Crippen LogP contribution in [0.4, 0.5) is 14.6 Å². The number of likely N-dealkylation sites (tertiary alicyclic amines) is 3. The number of carbonyl (C=O) groups is 3. The zero-order valence-corrected chi connectivity index (χ0v) is 46.2. The average Bonchev–Trinajstić information content (AvgIpc) is 4.15. The first-order chi connectivity index (χ1) is 38.5. The molecule has 5 aliphatic heterocycles. The molecule has 0 radical (unpaired) electrons. The van der Waals surface area contributed by atoms with Crippen LogP contribution in [0.3, 0.4) is 0 Å². The molecule has 0 aliphatic carbocycles. The number of aryl methyl sites for hydroxylation is 1. The maximum absolute atomic E-state index is 17.3. The molecular formula is C59H67F2N11O7S. The first kappa shape index (κ1) is 55.0. The number of aromatic hydroxyl groups is 1. The van der Waals surface area contributed by atoms with Gasteiger partial charge in [-0.1, -0.05) is 38.8 Å². The molecule has 4 aromatic heterocycles. The van der Waals surface area contributed by atoms with Gasteiger partial charge in [-0.15, -0.1) is 17.8 Å². The Morgan fingerprint density at radius 2 is 1.81 bits per heavy atom. The Kier molecular flexibility index (Phi) is 15.5. The Labute approximate surface area is 467 Å². The predicted octanol–water partition coefficient (Wildman–Crippen LogP) is 6.42. The number of thiazole rings is 1. The number of amides is 3. The highest BCUT2D eigenvalue weighted by molar-refractivity contribution is 7.13. The number of pyridine rings is 2. The molecular weight excluding hydrogens is 1040 g/mol. The number of rotatable bonds is 16. The summed E-state index contributed by atoms with van der Waals surface area (Å²) in [5.74, 6) is 0.189. The summed E-state index contributed by atoms with van der Waals surface area (Å²) in [5.41, 5.74) is 3.04. The van der Waals surface area contributed by atoms with Crippen LogP contribution in [-0.2, 0) is 14.4 Å². The lowest BCUT2D eigenvalue weighted by molar-refractivity contribution is -0.152. The van der Waals surface area contributed by atoms with E-state index in [0.29, 0.717) is 61.2 Å². The number of phenolic OH excluding ortho intramolecular Hbond substituents is 1. The van der Waals surface area contributed by atoms with E-state index in [9.17, 15) is 29.7 Å². The summed E-state index contributed by atoms with van der Waals surface area (Å²) in [6.45, 7) is 10.1. The minimum Gasteiger partial charge on any atom is -0.508 e. The van der Waals surface area contributed by atoms with Crippen molar-refractivity contribution in [3.63, 3.8) is 0 Å². The number of benzene rings is 2. The SMILES string of the molecule is C#Cc1c(F)ccc2cc(O)cc(-c3ncc4c(N5CC6CCC(C5)N6)nc(OC[C@@H]5CCCN5CCC[C@H]5CCC(=O)N5[C@H](C(=O)N5C[C@H](O)C[C@H]5C(=O)N[C@@H](CO)c5ccc(-c6scnc6C)cn5)C(C)(C)C)nc4c3F)c12. The highest BCUT2D eigenvalue weighted by Crippen LogP contribution is 2.41. The standard InChI is InChI=1S/C59H67F2N11O7S/c1-6-41-44(60)16-11-33-21-39(74)22-42(49(33)41)51-50(61)52-43(25-63-51)55(70-26-35-13-14-36(27-70)65-35)68-58(67-52)79-30-38-10-8-20-69(38)19-7-9-37-15-18-48(76)72(37)54(59(3,4)5)57(78)71-28-40(75)23-47(71)56(77)66-46(29-73)45-17-12-34(24-62-45)53-32(2)64-31-80-53/h1,11-12,16-17,21-22,24-25,31,35-38,40,46-47,54,65,73-75H,7-10,13-15,18-20,23,26-30H2,2-5H3,(H,66,77)/t35?,36?,37-,38-,40+,46-,47-,54+/m0/s1. The summed E-state index contributed by atoms with van der Waals surface area (Å²) in [5, 5.41) is 39.7. The van der Waals surface area contributed by atoms with E-state index in [2.05, 4.69) is 46.3 Å². The number of aromatic nitrogens is 5. The second kappa shape index (κ2) is 22.5. The van der Waals surface area contributed by atoms with Gasteiger partial charge in [0.2, 0.25) is 17.7 Å².